The maximum Gasteiger partial charge on any atom is 0.321 e. The van der Waals surface area contributed by atoms with Crippen LogP contribution in [0.3, 0.4) is 0 Å². The topological polar surface area (TPSA) is 253 Å². The van der Waals surface area contributed by atoms with E-state index < -0.39 is 52.8 Å². The van der Waals surface area contributed by atoms with Crippen molar-refractivity contribution in [2.75, 3.05) is 23.0 Å². The second-order valence-corrected chi connectivity index (χ2v) is 18.4. The molecule has 0 aromatic heterocycles. The van der Waals surface area contributed by atoms with Gasteiger partial charge in [0.2, 0.25) is 0 Å². The molecule has 0 aliphatic heterocycles. The van der Waals surface area contributed by atoms with Crippen molar-refractivity contribution in [3.8, 4) is 0 Å². The summed E-state index contributed by atoms with van der Waals surface area (Å²) in [7, 11) is 2.41. The van der Waals surface area contributed by atoms with Gasteiger partial charge in [0.15, 0.2) is 0 Å². The van der Waals surface area contributed by atoms with E-state index in [-0.39, 0.29) is 17.3 Å². The molecular weight excluding hydrogens is 913 g/mol. The summed E-state index contributed by atoms with van der Waals surface area (Å²) < 4.78 is -0.531. The molecule has 0 spiro atoms. The van der Waals surface area contributed by atoms with Crippen molar-refractivity contribution >= 4 is 69.9 Å². The van der Waals surface area contributed by atoms with Gasteiger partial charge in [-0.05, 0) is 33.4 Å². The van der Waals surface area contributed by atoms with Crippen LogP contribution in [0.4, 0.5) is 0 Å². The molecule has 1 unspecified atom stereocenters. The summed E-state index contributed by atoms with van der Waals surface area (Å²) in [4.78, 5) is 41.6. The number of carboxylic acids is 4. The summed E-state index contributed by atoms with van der Waals surface area (Å²) in [5.74, 6) is -2.87. The Morgan fingerprint density at radius 1 is 0.409 bits per heavy atom. The van der Waals surface area contributed by atoms with E-state index in [1.807, 2.05) is 54.6 Å². The van der Waals surface area contributed by atoms with Gasteiger partial charge in [0.1, 0.15) is 24.2 Å². The minimum Gasteiger partial charge on any atom is -0.480 e. The first-order chi connectivity index (χ1) is 31.7. The molecule has 0 heterocycles. The Kier molecular flexibility index (Phi) is 24.8. The van der Waals surface area contributed by atoms with Crippen LogP contribution >= 0.6 is 46.0 Å². The van der Waals surface area contributed by atoms with Gasteiger partial charge in [-0.25, -0.2) is 0 Å². The average Bonchev–Trinajstić information content (AvgIpc) is 3.35. The third-order valence-corrected chi connectivity index (χ3v) is 14.0. The van der Waals surface area contributed by atoms with Gasteiger partial charge in [-0.1, -0.05) is 204 Å². The van der Waals surface area contributed by atoms with Gasteiger partial charge in [-0.15, -0.1) is 11.8 Å². The van der Waals surface area contributed by atoms with Gasteiger partial charge in [-0.3, -0.25) is 19.2 Å². The number of thiol groups is 1. The molecule has 12 nitrogen and oxygen atoms in total. The van der Waals surface area contributed by atoms with Crippen molar-refractivity contribution in [1.82, 2.24) is 0 Å². The summed E-state index contributed by atoms with van der Waals surface area (Å²) in [6.07, 6.45) is 0. The number of carboxylic acid groups (broad SMARTS) is 4. The van der Waals surface area contributed by atoms with Crippen LogP contribution in [-0.2, 0) is 23.9 Å². The van der Waals surface area contributed by atoms with E-state index >= 15 is 0 Å². The Bertz CT molecular complexity index is 2100. The quantitative estimate of drug-likeness (QED) is 0.0165. The molecule has 6 aromatic carbocycles. The number of nitrogens with two attached hydrogens (primary N) is 4. The van der Waals surface area contributed by atoms with E-state index in [2.05, 4.69) is 140 Å². The number of hydrogen-bond acceptors (Lipinski definition) is 12. The standard InChI is InChI=1S/C22H21NO2S.C19H16.C6H12N2O4S2.C3H7NO2S/c23-20(21(24)25)16-26-22(17-10-4-1-5-11-17,18-12-6-2-7-13-18)19-14-8-3-9-15-19;1-4-10-16(11-5-1)19(17-12-6-2-7-13-17)18-14-8-3-9-15-18;7-3(5(9)10)1-13-14-2-4(8)6(11)12;4-2(1-7)3(5)6/h1-15,20H,16,23H2,(H,24,25);1-15,19H;3-4H,1-2,7-8H2,(H,9,10)(H,11,12);2,7H,1,4H2,(H,5,6)/t;;3-,4-;2-/m..00/s1. The molecule has 348 valence electrons. The van der Waals surface area contributed by atoms with Crippen LogP contribution in [0.25, 0.3) is 0 Å². The molecule has 0 saturated heterocycles. The van der Waals surface area contributed by atoms with Crippen LogP contribution in [-0.4, -0.2) is 91.5 Å². The van der Waals surface area contributed by atoms with Gasteiger partial charge in [0.05, 0.1) is 4.75 Å². The fourth-order valence-corrected chi connectivity index (χ4v) is 9.90. The lowest BCUT2D eigenvalue weighted by Crippen LogP contribution is -2.36. The molecule has 0 saturated carbocycles. The number of thioether (sulfide) groups is 1. The monoisotopic (exact) mass is 968 g/mol. The third-order valence-electron chi connectivity index (χ3n) is 9.46. The zero-order valence-corrected chi connectivity index (χ0v) is 39.3. The second kappa shape index (κ2) is 29.9. The number of aliphatic carboxylic acids is 4. The zero-order valence-electron chi connectivity index (χ0n) is 35.9. The van der Waals surface area contributed by atoms with Gasteiger partial charge >= 0.3 is 23.9 Å². The number of benzene rings is 6. The van der Waals surface area contributed by atoms with Crippen LogP contribution in [0.5, 0.6) is 0 Å². The SMILES string of the molecule is NC(CSC(c1ccccc1)(c1ccccc1)c1ccccc1)C(=O)O.N[C@@H](CS)C(=O)O.N[C@@H](CSSC[C@H](N)C(=O)O)C(=O)O.c1ccc(C(c2ccccc2)c2ccccc2)cc1. The summed E-state index contributed by atoms with van der Waals surface area (Å²) in [6, 6.07) is 58.9. The maximum absolute atomic E-state index is 11.3. The van der Waals surface area contributed by atoms with Crippen LogP contribution in [0.1, 0.15) is 39.3 Å². The second-order valence-electron chi connectivity index (χ2n) is 14.3. The first-order valence-electron chi connectivity index (χ1n) is 20.5. The van der Waals surface area contributed by atoms with E-state index in [0.29, 0.717) is 11.7 Å². The predicted octanol–water partition coefficient (Wildman–Crippen LogP) is 7.51. The van der Waals surface area contributed by atoms with Crippen molar-refractivity contribution in [1.29, 1.82) is 0 Å². The first-order valence-corrected chi connectivity index (χ1v) is 24.6. The smallest absolute Gasteiger partial charge is 0.321 e. The van der Waals surface area contributed by atoms with Crippen molar-refractivity contribution in [2.24, 2.45) is 22.9 Å². The van der Waals surface area contributed by atoms with Crippen LogP contribution in [0.2, 0.25) is 0 Å². The fraction of sp³-hybridized carbons (Fsp3) is 0.200. The molecule has 0 aliphatic rings. The molecule has 66 heavy (non-hydrogen) atoms. The molecule has 0 radical (unpaired) electrons. The summed E-state index contributed by atoms with van der Waals surface area (Å²) >= 11 is 5.21. The Labute approximate surface area is 403 Å². The Morgan fingerprint density at radius 3 is 0.879 bits per heavy atom. The highest BCUT2D eigenvalue weighted by molar-refractivity contribution is 8.76. The van der Waals surface area contributed by atoms with Crippen molar-refractivity contribution < 1.29 is 39.6 Å². The molecular formula is C50H56N4O8S4. The average molecular weight is 969 g/mol. The lowest BCUT2D eigenvalue weighted by molar-refractivity contribution is -0.138. The molecule has 4 atom stereocenters. The summed E-state index contributed by atoms with van der Waals surface area (Å²) in [5.41, 5.74) is 28.5. The molecule has 12 N–H and O–H groups in total. The van der Waals surface area contributed by atoms with Crippen molar-refractivity contribution in [3.63, 3.8) is 0 Å². The van der Waals surface area contributed by atoms with Crippen LogP contribution in [0.15, 0.2) is 182 Å². The lowest BCUT2D eigenvalue weighted by atomic mass is 9.84. The maximum atomic E-state index is 11.3. The van der Waals surface area contributed by atoms with E-state index in [9.17, 15) is 24.3 Å². The number of carbonyl (C=O) groups is 4. The lowest BCUT2D eigenvalue weighted by Gasteiger charge is -2.36. The molecule has 0 fully saturated rings. The Morgan fingerprint density at radius 2 is 0.652 bits per heavy atom. The Hall–Kier alpha value is -5.56. The molecule has 6 rings (SSSR count). The predicted molar refractivity (Wildman–Crippen MR) is 273 cm³/mol. The summed E-state index contributed by atoms with van der Waals surface area (Å²) in [5, 5.41) is 34.1. The van der Waals surface area contributed by atoms with E-state index in [1.54, 1.807) is 11.8 Å². The van der Waals surface area contributed by atoms with Gasteiger partial charge in [0.25, 0.3) is 0 Å². The van der Waals surface area contributed by atoms with E-state index in [1.165, 1.54) is 38.3 Å². The largest absolute Gasteiger partial charge is 0.480 e. The fourth-order valence-electron chi connectivity index (χ4n) is 6.03. The molecule has 6 aromatic rings. The highest BCUT2D eigenvalue weighted by Crippen LogP contribution is 2.48. The van der Waals surface area contributed by atoms with Crippen molar-refractivity contribution in [3.05, 3.63) is 215 Å². The molecule has 16 heteroatoms. The zero-order chi connectivity index (χ0) is 48.3. The number of rotatable bonds is 19. The number of hydrogen-bond donors (Lipinski definition) is 9. The highest BCUT2D eigenvalue weighted by Gasteiger charge is 2.37. The van der Waals surface area contributed by atoms with E-state index in [4.69, 9.17) is 38.3 Å². The van der Waals surface area contributed by atoms with Crippen LogP contribution in [0, 0.1) is 0 Å². The van der Waals surface area contributed by atoms with Gasteiger partial charge in [0, 0.05) is 28.9 Å². The minimum absolute atomic E-state index is 0.190. The molecule has 0 bridgehead atoms. The van der Waals surface area contributed by atoms with Gasteiger partial charge < -0.3 is 43.4 Å². The normalized spacial score (nSPS) is 12.5. The van der Waals surface area contributed by atoms with Crippen molar-refractivity contribution in [2.45, 2.75) is 34.8 Å². The summed E-state index contributed by atoms with van der Waals surface area (Å²) in [6.45, 7) is 0. The van der Waals surface area contributed by atoms with E-state index in [0.717, 1.165) is 16.7 Å². The highest BCUT2D eigenvalue weighted by atomic mass is 33.1. The third kappa shape index (κ3) is 18.0. The van der Waals surface area contributed by atoms with Crippen LogP contribution < -0.4 is 22.9 Å². The molecule has 0 aliphatic carbocycles. The first kappa shape index (κ1) is 54.8. The Balaban J connectivity index is 0.000000255. The molecule has 0 amide bonds. The minimum atomic E-state index is -1.07. The van der Waals surface area contributed by atoms with Gasteiger partial charge in [-0.2, -0.15) is 12.6 Å².